The maximum absolute atomic E-state index is 10.5. The number of benzene rings is 3. The van der Waals surface area contributed by atoms with E-state index in [1.54, 1.807) is 0 Å². The van der Waals surface area contributed by atoms with Crippen molar-refractivity contribution >= 4 is 21.5 Å². The van der Waals surface area contributed by atoms with Crippen LogP contribution in [0.25, 0.3) is 21.5 Å². The van der Waals surface area contributed by atoms with Crippen molar-refractivity contribution in [2.24, 2.45) is 0 Å². The molecule has 2 N–H and O–H groups in total. The van der Waals surface area contributed by atoms with Crippen LogP contribution in [0.2, 0.25) is 0 Å². The monoisotopic (exact) mass is 480 g/mol. The van der Waals surface area contributed by atoms with Crippen molar-refractivity contribution in [2.75, 3.05) is 13.2 Å². The lowest BCUT2D eigenvalue weighted by atomic mass is 9.99. The molecule has 0 saturated carbocycles. The smallest absolute Gasteiger partial charge is 0.135 e. The van der Waals surface area contributed by atoms with Crippen molar-refractivity contribution in [3.05, 3.63) is 48.0 Å². The van der Waals surface area contributed by atoms with E-state index in [9.17, 15) is 10.2 Å². The molecule has 192 valence electrons. The number of ether oxygens (including phenoxy) is 2. The summed E-state index contributed by atoms with van der Waals surface area (Å²) in [4.78, 5) is 0. The first-order chi connectivity index (χ1) is 17.0. The summed E-state index contributed by atoms with van der Waals surface area (Å²) in [5.41, 5.74) is 1.14. The molecule has 0 aliphatic heterocycles. The molecule has 4 nitrogen and oxygen atoms in total. The lowest BCUT2D eigenvalue weighted by Crippen LogP contribution is -2.18. The van der Waals surface area contributed by atoms with Gasteiger partial charge in [-0.15, -0.1) is 0 Å². The van der Waals surface area contributed by atoms with Gasteiger partial charge in [-0.1, -0.05) is 107 Å². The van der Waals surface area contributed by atoms with Crippen LogP contribution in [0, 0.1) is 6.92 Å². The first kappa shape index (κ1) is 27.3. The quantitative estimate of drug-likeness (QED) is 0.163. The zero-order valence-electron chi connectivity index (χ0n) is 21.9. The van der Waals surface area contributed by atoms with Crippen LogP contribution in [-0.4, -0.2) is 35.6 Å². The van der Waals surface area contributed by atoms with E-state index < -0.39 is 12.2 Å². The Morgan fingerprint density at radius 2 is 1.11 bits per heavy atom. The largest absolute Gasteiger partial charge is 0.490 e. The van der Waals surface area contributed by atoms with Gasteiger partial charge in [0.15, 0.2) is 0 Å². The van der Waals surface area contributed by atoms with E-state index in [0.29, 0.717) is 0 Å². The first-order valence-corrected chi connectivity index (χ1v) is 13.6. The summed E-state index contributed by atoms with van der Waals surface area (Å²) in [6, 6.07) is 14.4. The van der Waals surface area contributed by atoms with Gasteiger partial charge in [0.2, 0.25) is 0 Å². The molecule has 0 amide bonds. The molecule has 4 heteroatoms. The number of unbranched alkanes of at least 4 members (excludes halogenated alkanes) is 6. The van der Waals surface area contributed by atoms with Gasteiger partial charge in [-0.3, -0.25) is 0 Å². The van der Waals surface area contributed by atoms with Crippen molar-refractivity contribution in [3.63, 3.8) is 0 Å². The topological polar surface area (TPSA) is 58.9 Å². The van der Waals surface area contributed by atoms with Gasteiger partial charge in [-0.05, 0) is 25.8 Å². The highest BCUT2D eigenvalue weighted by molar-refractivity contribution is 6.11. The number of hydrogen-bond donors (Lipinski definition) is 2. The normalized spacial score (nSPS) is 13.3. The molecule has 0 radical (unpaired) electrons. The summed E-state index contributed by atoms with van der Waals surface area (Å²) in [7, 11) is 0. The average molecular weight is 481 g/mol. The van der Waals surface area contributed by atoms with Gasteiger partial charge in [0.1, 0.15) is 24.7 Å². The van der Waals surface area contributed by atoms with Crippen LogP contribution in [-0.2, 0) is 0 Å². The van der Waals surface area contributed by atoms with E-state index in [2.05, 4.69) is 39.0 Å². The number of fused-ring (bicyclic) bond motifs is 2. The summed E-state index contributed by atoms with van der Waals surface area (Å²) < 4.78 is 12.6. The van der Waals surface area contributed by atoms with E-state index in [1.807, 2.05) is 24.3 Å². The van der Waals surface area contributed by atoms with E-state index >= 15 is 0 Å². The molecular weight excluding hydrogens is 436 g/mol. The van der Waals surface area contributed by atoms with Gasteiger partial charge in [0, 0.05) is 21.5 Å². The van der Waals surface area contributed by atoms with Crippen LogP contribution in [0.3, 0.4) is 0 Å². The van der Waals surface area contributed by atoms with E-state index in [-0.39, 0.29) is 13.2 Å². The van der Waals surface area contributed by atoms with Gasteiger partial charge in [0.25, 0.3) is 0 Å². The minimum absolute atomic E-state index is 0.274. The number of rotatable bonds is 16. The Balaban J connectivity index is 1.84. The molecule has 3 rings (SSSR count). The average Bonchev–Trinajstić information content (AvgIpc) is 2.86. The van der Waals surface area contributed by atoms with Crippen LogP contribution in [0.1, 0.15) is 83.6 Å². The zero-order chi connectivity index (χ0) is 25.0. The summed E-state index contributed by atoms with van der Waals surface area (Å²) in [5, 5.41) is 24.9. The molecule has 0 aliphatic rings. The molecule has 0 heterocycles. The Kier molecular flexibility index (Phi) is 11.2. The van der Waals surface area contributed by atoms with Crippen molar-refractivity contribution in [2.45, 2.75) is 97.2 Å². The number of hydrogen-bond acceptors (Lipinski definition) is 4. The van der Waals surface area contributed by atoms with Gasteiger partial charge in [0.05, 0.1) is 12.2 Å². The second kappa shape index (κ2) is 14.3. The summed E-state index contributed by atoms with van der Waals surface area (Å²) in [6.07, 6.45) is 9.67. The third-order valence-electron chi connectivity index (χ3n) is 6.70. The van der Waals surface area contributed by atoms with Crippen LogP contribution in [0.15, 0.2) is 42.5 Å². The van der Waals surface area contributed by atoms with Crippen LogP contribution in [0.5, 0.6) is 11.5 Å². The highest BCUT2D eigenvalue weighted by Gasteiger charge is 2.18. The third kappa shape index (κ3) is 7.85. The van der Waals surface area contributed by atoms with E-state index in [0.717, 1.165) is 77.1 Å². The SMILES string of the molecule is CCCCCCC(O)COc1c2ccccc2c(OCC(O)CCCCCC)c2cc(C)ccc12. The van der Waals surface area contributed by atoms with Crippen LogP contribution in [0.4, 0.5) is 0 Å². The van der Waals surface area contributed by atoms with Crippen LogP contribution < -0.4 is 9.47 Å². The van der Waals surface area contributed by atoms with Crippen molar-refractivity contribution in [3.8, 4) is 11.5 Å². The molecule has 0 aromatic heterocycles. The maximum atomic E-state index is 10.5. The predicted molar refractivity (Wildman–Crippen MR) is 147 cm³/mol. The van der Waals surface area contributed by atoms with Crippen molar-refractivity contribution in [1.29, 1.82) is 0 Å². The third-order valence-corrected chi connectivity index (χ3v) is 6.70. The van der Waals surface area contributed by atoms with Gasteiger partial charge >= 0.3 is 0 Å². The molecule has 0 saturated heterocycles. The fourth-order valence-corrected chi connectivity index (χ4v) is 4.66. The van der Waals surface area contributed by atoms with E-state index in [4.69, 9.17) is 9.47 Å². The molecule has 0 fully saturated rings. The number of aliphatic hydroxyl groups is 2. The number of aliphatic hydroxyl groups excluding tert-OH is 2. The predicted octanol–water partition coefficient (Wildman–Crippen LogP) is 7.72. The van der Waals surface area contributed by atoms with Gasteiger partial charge in [-0.25, -0.2) is 0 Å². The molecule has 0 aliphatic carbocycles. The highest BCUT2D eigenvalue weighted by atomic mass is 16.5. The Labute approximate surface area is 211 Å². The Hall–Kier alpha value is -2.30. The Bertz CT molecular complexity index is 1050. The van der Waals surface area contributed by atoms with Gasteiger partial charge in [-0.2, -0.15) is 0 Å². The highest BCUT2D eigenvalue weighted by Crippen LogP contribution is 2.43. The second-order valence-corrected chi connectivity index (χ2v) is 9.88. The fraction of sp³-hybridized carbons (Fsp3) is 0.548. The van der Waals surface area contributed by atoms with Gasteiger partial charge < -0.3 is 19.7 Å². The summed E-state index contributed by atoms with van der Waals surface area (Å²) in [6.45, 7) is 7.01. The minimum atomic E-state index is -0.482. The Morgan fingerprint density at radius 3 is 1.63 bits per heavy atom. The molecule has 0 bridgehead atoms. The summed E-state index contributed by atoms with van der Waals surface area (Å²) in [5.74, 6) is 1.58. The zero-order valence-corrected chi connectivity index (χ0v) is 21.9. The molecule has 2 unspecified atom stereocenters. The van der Waals surface area contributed by atoms with Crippen molar-refractivity contribution < 1.29 is 19.7 Å². The molecule has 3 aromatic rings. The minimum Gasteiger partial charge on any atom is -0.490 e. The van der Waals surface area contributed by atoms with Crippen molar-refractivity contribution in [1.82, 2.24) is 0 Å². The number of aryl methyl sites for hydroxylation is 1. The lowest BCUT2D eigenvalue weighted by molar-refractivity contribution is 0.0978. The first-order valence-electron chi connectivity index (χ1n) is 13.6. The summed E-state index contributed by atoms with van der Waals surface area (Å²) >= 11 is 0. The molecule has 35 heavy (non-hydrogen) atoms. The molecule has 2 atom stereocenters. The molecule has 3 aromatic carbocycles. The molecular formula is C31H44O4. The fourth-order valence-electron chi connectivity index (χ4n) is 4.66. The second-order valence-electron chi connectivity index (χ2n) is 9.88. The maximum Gasteiger partial charge on any atom is 0.135 e. The Morgan fingerprint density at radius 1 is 0.629 bits per heavy atom. The standard InChI is InChI=1S/C31H44O4/c1-4-6-8-10-14-24(32)21-34-30-26-16-12-13-17-27(26)31(29-20-23(3)18-19-28(29)30)35-22-25(33)15-11-9-7-5-2/h12-13,16-20,24-25,32-33H,4-11,14-15,21-22H2,1-3H3. The molecule has 0 spiro atoms. The van der Waals surface area contributed by atoms with E-state index in [1.165, 1.54) is 25.7 Å². The lowest BCUT2D eigenvalue weighted by Gasteiger charge is -2.20. The van der Waals surface area contributed by atoms with Crippen LogP contribution >= 0.6 is 0 Å².